The third-order valence-electron chi connectivity index (χ3n) is 6.64. The zero-order valence-corrected chi connectivity index (χ0v) is 22.6. The molecule has 2 amide bonds. The van der Waals surface area contributed by atoms with Crippen LogP contribution in [0.25, 0.3) is 33.2 Å². The van der Waals surface area contributed by atoms with Gasteiger partial charge in [-0.3, -0.25) is 19.7 Å². The van der Waals surface area contributed by atoms with Crippen LogP contribution in [0, 0.1) is 20.8 Å². The largest absolute Gasteiger partial charge is 0.464 e. The number of aromatic nitrogens is 3. The highest BCUT2D eigenvalue weighted by atomic mass is 16.4. The van der Waals surface area contributed by atoms with Crippen molar-refractivity contribution >= 4 is 39.6 Å². The quantitative estimate of drug-likeness (QED) is 0.233. The van der Waals surface area contributed by atoms with Gasteiger partial charge in [-0.05, 0) is 69.7 Å². The monoisotopic (exact) mass is 540 g/mol. The lowest BCUT2D eigenvalue weighted by Crippen LogP contribution is -2.41. The average molecular weight is 541 g/mol. The summed E-state index contributed by atoms with van der Waals surface area (Å²) in [7, 11) is 1.85. The van der Waals surface area contributed by atoms with Crippen molar-refractivity contribution in [2.75, 3.05) is 5.32 Å². The molecule has 0 spiro atoms. The number of nitrogens with zero attached hydrogens (tertiary/aromatic N) is 3. The van der Waals surface area contributed by atoms with E-state index in [0.717, 1.165) is 22.0 Å². The van der Waals surface area contributed by atoms with Gasteiger partial charge in [-0.15, -0.1) is 0 Å². The molecule has 0 aliphatic carbocycles. The van der Waals surface area contributed by atoms with E-state index < -0.39 is 18.0 Å². The molecule has 40 heavy (non-hydrogen) atoms. The van der Waals surface area contributed by atoms with Crippen LogP contribution in [-0.2, 0) is 7.05 Å². The van der Waals surface area contributed by atoms with Crippen LogP contribution in [0.2, 0.25) is 0 Å². The Balaban J connectivity index is 1.60. The summed E-state index contributed by atoms with van der Waals surface area (Å²) in [6, 6.07) is 12.5. The number of amides is 2. The summed E-state index contributed by atoms with van der Waals surface area (Å²) in [5.74, 6) is -0.248. The van der Waals surface area contributed by atoms with Crippen molar-refractivity contribution in [3.63, 3.8) is 0 Å². The van der Waals surface area contributed by atoms with Crippen molar-refractivity contribution in [2.45, 2.75) is 33.7 Å². The normalized spacial score (nSPS) is 11.9. The van der Waals surface area contributed by atoms with E-state index >= 15 is 0 Å². The van der Waals surface area contributed by atoms with E-state index in [9.17, 15) is 14.4 Å². The fraction of sp³-hybridized carbons (Fsp3) is 0.207. The van der Waals surface area contributed by atoms with Gasteiger partial charge in [0.05, 0.1) is 22.6 Å². The topological polar surface area (TPSA) is 151 Å². The molecule has 4 N–H and O–H groups in total. The summed E-state index contributed by atoms with van der Waals surface area (Å²) < 4.78 is 8.22. The fourth-order valence-corrected chi connectivity index (χ4v) is 4.78. The predicted molar refractivity (Wildman–Crippen MR) is 151 cm³/mol. The Bertz CT molecular complexity index is 1870. The van der Waals surface area contributed by atoms with Crippen LogP contribution in [0.5, 0.6) is 0 Å². The number of carboxylic acid groups (broad SMARTS) is 1. The van der Waals surface area contributed by atoms with E-state index in [1.807, 2.05) is 62.8 Å². The second-order valence-electron chi connectivity index (χ2n) is 9.79. The average Bonchev–Trinajstić information content (AvgIpc) is 3.29. The van der Waals surface area contributed by atoms with Crippen molar-refractivity contribution < 1.29 is 19.1 Å². The smallest absolute Gasteiger partial charge is 0.423 e. The van der Waals surface area contributed by atoms with Crippen molar-refractivity contribution in [3.05, 3.63) is 87.0 Å². The molecule has 0 bridgehead atoms. The molecule has 2 aromatic carbocycles. The number of benzene rings is 2. The number of carbonyl (C=O) groups is 2. The van der Waals surface area contributed by atoms with Crippen molar-refractivity contribution in [1.82, 2.24) is 25.6 Å². The zero-order valence-electron chi connectivity index (χ0n) is 22.6. The first-order valence-corrected chi connectivity index (χ1v) is 12.6. The van der Waals surface area contributed by atoms with Gasteiger partial charge in [0.2, 0.25) is 0 Å². The number of hydrazine groups is 1. The van der Waals surface area contributed by atoms with Crippen LogP contribution in [0.3, 0.4) is 0 Å². The Morgan fingerprint density at radius 1 is 1.05 bits per heavy atom. The first-order chi connectivity index (χ1) is 19.0. The summed E-state index contributed by atoms with van der Waals surface area (Å²) in [5.41, 5.74) is 8.93. The van der Waals surface area contributed by atoms with E-state index in [1.54, 1.807) is 30.7 Å². The molecule has 5 rings (SSSR count). The van der Waals surface area contributed by atoms with Gasteiger partial charge >= 0.3 is 6.09 Å². The maximum absolute atomic E-state index is 13.6. The summed E-state index contributed by atoms with van der Waals surface area (Å²) in [4.78, 5) is 41.4. The maximum atomic E-state index is 13.6. The Hall–Kier alpha value is -5.19. The molecule has 11 heteroatoms. The molecule has 0 aliphatic rings. The first kappa shape index (κ1) is 26.4. The van der Waals surface area contributed by atoms with Crippen LogP contribution in [-0.4, -0.2) is 31.9 Å². The minimum Gasteiger partial charge on any atom is -0.464 e. The van der Waals surface area contributed by atoms with Gasteiger partial charge in [0, 0.05) is 41.0 Å². The Morgan fingerprint density at radius 3 is 2.58 bits per heavy atom. The minimum absolute atomic E-state index is 0.0142. The SMILES string of the molecule is Cc1cc([C@@H](C)Nc2ccc(C)nc2C(=O)NNC(=O)O)c2oc(-c3ccc4nn(C)cc4c3)c(C)c(=O)c2c1. The molecule has 11 nitrogen and oxygen atoms in total. The van der Waals surface area contributed by atoms with Gasteiger partial charge in [0.15, 0.2) is 11.1 Å². The van der Waals surface area contributed by atoms with Crippen LogP contribution in [0.1, 0.15) is 45.8 Å². The van der Waals surface area contributed by atoms with Gasteiger partial charge in [-0.1, -0.05) is 6.07 Å². The number of rotatable bonds is 5. The standard InChI is InChI=1S/C29H28N6O5/c1-14-10-20(17(4)31-23-8-6-15(2)30-24(23)28(37)32-33-29(38)39)27-21(11-14)25(36)16(3)26(40-27)18-7-9-22-19(12-18)13-35(5)34-22/h6-13,17,31,33H,1-5H3,(H,32,37)(H,38,39)/t17-/m1/s1. The number of carbonyl (C=O) groups excluding carboxylic acids is 1. The Kier molecular flexibility index (Phi) is 6.72. The molecule has 0 aliphatic heterocycles. The number of hydrogen-bond acceptors (Lipinski definition) is 7. The highest BCUT2D eigenvalue weighted by Gasteiger charge is 2.21. The molecule has 3 heterocycles. The lowest BCUT2D eigenvalue weighted by atomic mass is 9.98. The van der Waals surface area contributed by atoms with E-state index in [-0.39, 0.29) is 11.1 Å². The van der Waals surface area contributed by atoms with Crippen LogP contribution in [0.4, 0.5) is 10.5 Å². The van der Waals surface area contributed by atoms with Crippen LogP contribution in [0.15, 0.2) is 57.9 Å². The first-order valence-electron chi connectivity index (χ1n) is 12.6. The van der Waals surface area contributed by atoms with Gasteiger partial charge in [0.25, 0.3) is 5.91 Å². The van der Waals surface area contributed by atoms with Crippen LogP contribution >= 0.6 is 0 Å². The molecule has 0 radical (unpaired) electrons. The molecule has 5 aromatic rings. The van der Waals surface area contributed by atoms with Crippen LogP contribution < -0.4 is 21.6 Å². The van der Waals surface area contributed by atoms with Gasteiger partial charge in [0.1, 0.15) is 11.3 Å². The number of anilines is 1. The predicted octanol–water partition coefficient (Wildman–Crippen LogP) is 4.75. The molecule has 0 saturated heterocycles. The van der Waals surface area contributed by atoms with E-state index in [2.05, 4.69) is 20.8 Å². The van der Waals surface area contributed by atoms with Crippen molar-refractivity contribution in [1.29, 1.82) is 0 Å². The summed E-state index contributed by atoms with van der Waals surface area (Å²) in [6.45, 7) is 7.26. The molecule has 0 saturated carbocycles. The number of pyridine rings is 1. The summed E-state index contributed by atoms with van der Waals surface area (Å²) in [5, 5.41) is 17.9. The number of fused-ring (bicyclic) bond motifs is 2. The number of aryl methyl sites for hydroxylation is 3. The molecule has 0 fully saturated rings. The second-order valence-corrected chi connectivity index (χ2v) is 9.79. The molecule has 0 unspecified atom stereocenters. The van der Waals surface area contributed by atoms with Gasteiger partial charge in [-0.25, -0.2) is 15.2 Å². The number of nitrogens with one attached hydrogen (secondary N) is 3. The lowest BCUT2D eigenvalue weighted by Gasteiger charge is -2.20. The Labute approximate surface area is 228 Å². The van der Waals surface area contributed by atoms with E-state index in [1.165, 1.54) is 0 Å². The molecular formula is C29H28N6O5. The summed E-state index contributed by atoms with van der Waals surface area (Å²) >= 11 is 0. The second kappa shape index (κ2) is 10.2. The van der Waals surface area contributed by atoms with E-state index in [0.29, 0.717) is 39.2 Å². The highest BCUT2D eigenvalue weighted by Crippen LogP contribution is 2.33. The third kappa shape index (κ3) is 4.96. The van der Waals surface area contributed by atoms with Gasteiger partial charge < -0.3 is 14.8 Å². The fourth-order valence-electron chi connectivity index (χ4n) is 4.78. The molecular weight excluding hydrogens is 512 g/mol. The minimum atomic E-state index is -1.40. The lowest BCUT2D eigenvalue weighted by molar-refractivity contribution is 0.0922. The van der Waals surface area contributed by atoms with Crippen molar-refractivity contribution in [2.24, 2.45) is 7.05 Å². The highest BCUT2D eigenvalue weighted by molar-refractivity contribution is 5.98. The summed E-state index contributed by atoms with van der Waals surface area (Å²) in [6.07, 6.45) is 0.502. The number of hydrogen-bond donors (Lipinski definition) is 4. The third-order valence-corrected chi connectivity index (χ3v) is 6.64. The van der Waals surface area contributed by atoms with Crippen molar-refractivity contribution in [3.8, 4) is 11.3 Å². The molecule has 3 aromatic heterocycles. The zero-order chi connectivity index (χ0) is 28.7. The van der Waals surface area contributed by atoms with Gasteiger partial charge in [-0.2, -0.15) is 5.10 Å². The maximum Gasteiger partial charge on any atom is 0.423 e. The molecule has 1 atom stereocenters. The molecule has 204 valence electrons. The Morgan fingerprint density at radius 2 is 1.82 bits per heavy atom. The van der Waals surface area contributed by atoms with E-state index in [4.69, 9.17) is 9.52 Å².